The Bertz CT molecular complexity index is 1070. The Morgan fingerprint density at radius 2 is 1.62 bits per heavy atom. The lowest BCUT2D eigenvalue weighted by Gasteiger charge is -2.07. The summed E-state index contributed by atoms with van der Waals surface area (Å²) in [4.78, 5) is 12.6. The fourth-order valence-corrected chi connectivity index (χ4v) is 3.17. The number of benzene rings is 3. The van der Waals surface area contributed by atoms with Crippen molar-refractivity contribution in [1.29, 1.82) is 0 Å². The molecule has 0 fully saturated rings. The first-order chi connectivity index (χ1) is 14.2. The molecule has 3 heteroatoms. The number of ether oxygens (including phenoxy) is 2. The predicted molar refractivity (Wildman–Crippen MR) is 116 cm³/mol. The molecule has 29 heavy (non-hydrogen) atoms. The van der Waals surface area contributed by atoms with Crippen LogP contribution in [0.2, 0.25) is 0 Å². The molecule has 0 bridgehead atoms. The van der Waals surface area contributed by atoms with E-state index in [0.29, 0.717) is 29.4 Å². The van der Waals surface area contributed by atoms with Crippen molar-refractivity contribution in [2.24, 2.45) is 0 Å². The van der Waals surface area contributed by atoms with Gasteiger partial charge in [0.05, 0.1) is 5.56 Å². The molecule has 0 atom stereocenters. The van der Waals surface area contributed by atoms with Gasteiger partial charge < -0.3 is 9.47 Å². The smallest absolute Gasteiger partial charge is 0.231 e. The van der Waals surface area contributed by atoms with E-state index in [2.05, 4.69) is 25.6 Å². The summed E-state index contributed by atoms with van der Waals surface area (Å²) in [5.41, 5.74) is 4.89. The Labute approximate surface area is 170 Å². The van der Waals surface area contributed by atoms with Crippen LogP contribution in [0.15, 0.2) is 79.1 Å². The standard InChI is InChI=1S/C26H22O3/c1-3-18-5-9-20(10-6-18)15-25-26(27)23-14-13-22(16-24(23)29-25)28-17-21-11-7-19(4-2)8-12-21/h4-16H,2-3,17H2,1H3/b25-15-. The van der Waals surface area contributed by atoms with Crippen LogP contribution in [0, 0.1) is 0 Å². The van der Waals surface area contributed by atoms with Crippen LogP contribution in [0.1, 0.15) is 39.5 Å². The van der Waals surface area contributed by atoms with Crippen LogP contribution in [-0.4, -0.2) is 5.78 Å². The fraction of sp³-hybridized carbons (Fsp3) is 0.115. The zero-order valence-electron chi connectivity index (χ0n) is 16.4. The predicted octanol–water partition coefficient (Wildman–Crippen LogP) is 6.09. The topological polar surface area (TPSA) is 35.5 Å². The number of ketones is 1. The zero-order chi connectivity index (χ0) is 20.2. The molecule has 3 aromatic carbocycles. The van der Waals surface area contributed by atoms with Gasteiger partial charge in [0.25, 0.3) is 0 Å². The second kappa shape index (κ2) is 8.19. The lowest BCUT2D eigenvalue weighted by molar-refractivity contribution is 0.101. The fourth-order valence-electron chi connectivity index (χ4n) is 3.17. The third kappa shape index (κ3) is 4.14. The van der Waals surface area contributed by atoms with Crippen LogP contribution < -0.4 is 9.47 Å². The minimum Gasteiger partial charge on any atom is -0.489 e. The highest BCUT2D eigenvalue weighted by Gasteiger charge is 2.27. The normalized spacial score (nSPS) is 13.8. The van der Waals surface area contributed by atoms with Gasteiger partial charge in [0.2, 0.25) is 5.78 Å². The second-order valence-corrected chi connectivity index (χ2v) is 6.93. The molecule has 3 aromatic rings. The van der Waals surface area contributed by atoms with Gasteiger partial charge in [-0.1, -0.05) is 68.1 Å². The summed E-state index contributed by atoms with van der Waals surface area (Å²) < 4.78 is 11.7. The number of carbonyl (C=O) groups excluding carboxylic acids is 1. The van der Waals surface area contributed by atoms with Crippen molar-refractivity contribution >= 4 is 17.9 Å². The molecule has 0 saturated carbocycles. The van der Waals surface area contributed by atoms with Crippen molar-refractivity contribution in [3.05, 3.63) is 107 Å². The van der Waals surface area contributed by atoms with Crippen molar-refractivity contribution in [2.45, 2.75) is 20.0 Å². The van der Waals surface area contributed by atoms with Gasteiger partial charge in [-0.25, -0.2) is 0 Å². The number of fused-ring (bicyclic) bond motifs is 1. The first kappa shape index (κ1) is 18.8. The van der Waals surface area contributed by atoms with Gasteiger partial charge in [0, 0.05) is 6.07 Å². The Balaban J connectivity index is 1.47. The van der Waals surface area contributed by atoms with E-state index in [1.54, 1.807) is 24.3 Å². The van der Waals surface area contributed by atoms with E-state index in [1.807, 2.05) is 42.5 Å². The van der Waals surface area contributed by atoms with E-state index >= 15 is 0 Å². The molecule has 0 aliphatic carbocycles. The van der Waals surface area contributed by atoms with Gasteiger partial charge >= 0.3 is 0 Å². The van der Waals surface area contributed by atoms with Crippen molar-refractivity contribution in [3.8, 4) is 11.5 Å². The Morgan fingerprint density at radius 1 is 0.931 bits per heavy atom. The van der Waals surface area contributed by atoms with Gasteiger partial charge in [0.1, 0.15) is 18.1 Å². The molecule has 1 aliphatic rings. The first-order valence-electron chi connectivity index (χ1n) is 9.67. The lowest BCUT2D eigenvalue weighted by Crippen LogP contribution is -1.98. The average molecular weight is 382 g/mol. The number of hydrogen-bond acceptors (Lipinski definition) is 3. The monoisotopic (exact) mass is 382 g/mol. The number of allylic oxidation sites excluding steroid dienone is 1. The highest BCUT2D eigenvalue weighted by atomic mass is 16.5. The van der Waals surface area contributed by atoms with Crippen LogP contribution in [0.5, 0.6) is 11.5 Å². The average Bonchev–Trinajstić information content (AvgIpc) is 3.07. The van der Waals surface area contributed by atoms with Crippen LogP contribution in [0.25, 0.3) is 12.2 Å². The number of carbonyl (C=O) groups is 1. The van der Waals surface area contributed by atoms with Crippen LogP contribution in [-0.2, 0) is 13.0 Å². The molecule has 144 valence electrons. The van der Waals surface area contributed by atoms with E-state index in [4.69, 9.17) is 9.47 Å². The van der Waals surface area contributed by atoms with E-state index < -0.39 is 0 Å². The summed E-state index contributed by atoms with van der Waals surface area (Å²) in [6, 6.07) is 21.5. The third-order valence-electron chi connectivity index (χ3n) is 4.95. The van der Waals surface area contributed by atoms with Crippen molar-refractivity contribution in [2.75, 3.05) is 0 Å². The zero-order valence-corrected chi connectivity index (χ0v) is 16.4. The van der Waals surface area contributed by atoms with Gasteiger partial charge in [-0.15, -0.1) is 0 Å². The first-order valence-corrected chi connectivity index (χ1v) is 9.67. The van der Waals surface area contributed by atoms with E-state index in [9.17, 15) is 4.79 Å². The molecule has 0 saturated heterocycles. The third-order valence-corrected chi connectivity index (χ3v) is 4.95. The van der Waals surface area contributed by atoms with E-state index in [-0.39, 0.29) is 5.78 Å². The molecule has 0 amide bonds. The molecule has 4 rings (SSSR count). The summed E-state index contributed by atoms with van der Waals surface area (Å²) in [5.74, 6) is 1.43. The second-order valence-electron chi connectivity index (χ2n) is 6.93. The maximum absolute atomic E-state index is 12.6. The Hall–Kier alpha value is -3.59. The molecule has 0 aromatic heterocycles. The van der Waals surface area contributed by atoms with Gasteiger partial charge in [-0.3, -0.25) is 4.79 Å². The van der Waals surface area contributed by atoms with E-state index in [0.717, 1.165) is 23.1 Å². The van der Waals surface area contributed by atoms with Crippen LogP contribution >= 0.6 is 0 Å². The Morgan fingerprint density at radius 3 is 2.31 bits per heavy atom. The molecule has 0 unspecified atom stereocenters. The lowest BCUT2D eigenvalue weighted by atomic mass is 10.1. The molecular weight excluding hydrogens is 360 g/mol. The maximum atomic E-state index is 12.6. The summed E-state index contributed by atoms with van der Waals surface area (Å²) in [6.07, 6.45) is 4.57. The molecule has 3 nitrogen and oxygen atoms in total. The van der Waals surface area contributed by atoms with E-state index in [1.165, 1.54) is 5.56 Å². The van der Waals surface area contributed by atoms with Crippen molar-refractivity contribution < 1.29 is 14.3 Å². The quantitative estimate of drug-likeness (QED) is 0.484. The maximum Gasteiger partial charge on any atom is 0.231 e. The number of Topliss-reactive ketones (excluding diaryl/α,β-unsaturated/α-hetero) is 1. The van der Waals surface area contributed by atoms with Crippen molar-refractivity contribution in [1.82, 2.24) is 0 Å². The van der Waals surface area contributed by atoms with Gasteiger partial charge in [-0.2, -0.15) is 0 Å². The molecule has 1 heterocycles. The van der Waals surface area contributed by atoms with Gasteiger partial charge in [0.15, 0.2) is 5.76 Å². The van der Waals surface area contributed by atoms with Gasteiger partial charge in [-0.05, 0) is 46.9 Å². The van der Waals surface area contributed by atoms with Crippen molar-refractivity contribution in [3.63, 3.8) is 0 Å². The molecule has 0 radical (unpaired) electrons. The summed E-state index contributed by atoms with van der Waals surface area (Å²) in [5, 5.41) is 0. The summed E-state index contributed by atoms with van der Waals surface area (Å²) >= 11 is 0. The number of rotatable bonds is 6. The Kier molecular flexibility index (Phi) is 5.30. The highest BCUT2D eigenvalue weighted by molar-refractivity contribution is 6.14. The largest absolute Gasteiger partial charge is 0.489 e. The molecule has 0 N–H and O–H groups in total. The minimum absolute atomic E-state index is 0.105. The van der Waals surface area contributed by atoms with Crippen LogP contribution in [0.4, 0.5) is 0 Å². The SMILES string of the molecule is C=Cc1ccc(COc2ccc3c(c2)O/C(=C\c2ccc(CC)cc2)C3=O)cc1. The minimum atomic E-state index is -0.105. The number of aryl methyl sites for hydroxylation is 1. The molecule has 1 aliphatic heterocycles. The van der Waals surface area contributed by atoms with Crippen LogP contribution in [0.3, 0.4) is 0 Å². The molecular formula is C26H22O3. The highest BCUT2D eigenvalue weighted by Crippen LogP contribution is 2.35. The summed E-state index contributed by atoms with van der Waals surface area (Å²) in [6.45, 7) is 6.31. The number of hydrogen-bond donors (Lipinski definition) is 0. The summed E-state index contributed by atoms with van der Waals surface area (Å²) in [7, 11) is 0. The molecule has 0 spiro atoms.